The molecule has 0 aliphatic carbocycles. The van der Waals surface area contributed by atoms with Gasteiger partial charge < -0.3 is 19.8 Å². The van der Waals surface area contributed by atoms with Crippen molar-refractivity contribution in [2.24, 2.45) is 7.05 Å². The third-order valence-corrected chi connectivity index (χ3v) is 2.74. The summed E-state index contributed by atoms with van der Waals surface area (Å²) in [7, 11) is 4.63. The molecular formula is C12H14N2O3. The van der Waals surface area contributed by atoms with Crippen LogP contribution in [0.2, 0.25) is 0 Å². The van der Waals surface area contributed by atoms with E-state index < -0.39 is 0 Å². The zero-order valence-electron chi connectivity index (χ0n) is 9.98. The highest BCUT2D eigenvalue weighted by atomic mass is 16.5. The van der Waals surface area contributed by atoms with Crippen molar-refractivity contribution in [1.29, 1.82) is 0 Å². The average molecular weight is 234 g/mol. The molecule has 5 heteroatoms. The van der Waals surface area contributed by atoms with E-state index in [9.17, 15) is 4.79 Å². The topological polar surface area (TPSA) is 66.5 Å². The molecule has 0 aliphatic heterocycles. The molecule has 0 amide bonds. The molecule has 2 N–H and O–H groups in total. The highest BCUT2D eigenvalue weighted by molar-refractivity contribution is 5.89. The fourth-order valence-corrected chi connectivity index (χ4v) is 1.88. The second-order valence-electron chi connectivity index (χ2n) is 3.71. The third-order valence-electron chi connectivity index (χ3n) is 2.74. The van der Waals surface area contributed by atoms with Crippen LogP contribution in [-0.4, -0.2) is 18.8 Å². The lowest BCUT2D eigenvalue weighted by atomic mass is 10.1. The van der Waals surface area contributed by atoms with Crippen LogP contribution in [0.3, 0.4) is 0 Å². The minimum Gasteiger partial charge on any atom is -0.492 e. The molecule has 2 aromatic rings. The number of ether oxygens (including phenoxy) is 2. The minimum absolute atomic E-state index is 0.201. The summed E-state index contributed by atoms with van der Waals surface area (Å²) >= 11 is 0. The van der Waals surface area contributed by atoms with Crippen LogP contribution in [0.1, 0.15) is 0 Å². The van der Waals surface area contributed by atoms with Crippen molar-refractivity contribution in [2.45, 2.75) is 0 Å². The monoisotopic (exact) mass is 234 g/mol. The molecular weight excluding hydrogens is 220 g/mol. The van der Waals surface area contributed by atoms with Crippen LogP contribution in [0.25, 0.3) is 10.9 Å². The number of rotatable bonds is 2. The van der Waals surface area contributed by atoms with E-state index in [0.29, 0.717) is 17.0 Å². The average Bonchev–Trinajstić information content (AvgIpc) is 2.33. The summed E-state index contributed by atoms with van der Waals surface area (Å²) in [5.41, 5.74) is 6.78. The summed E-state index contributed by atoms with van der Waals surface area (Å²) in [4.78, 5) is 12.0. The zero-order chi connectivity index (χ0) is 12.6. The standard InChI is InChI=1S/C12H14N2O3/c1-14-9-6-7(13)4-5-8(9)10(16-2)11(17-3)12(14)15/h4-6H,13H2,1-3H3. The summed E-state index contributed by atoms with van der Waals surface area (Å²) in [6, 6.07) is 5.30. The van der Waals surface area contributed by atoms with Gasteiger partial charge >= 0.3 is 0 Å². The molecule has 0 unspecified atom stereocenters. The summed E-state index contributed by atoms with van der Waals surface area (Å²) in [6.45, 7) is 0. The van der Waals surface area contributed by atoms with Crippen molar-refractivity contribution in [1.82, 2.24) is 4.57 Å². The Labute approximate surface area is 98.4 Å². The van der Waals surface area contributed by atoms with Crippen molar-refractivity contribution in [3.63, 3.8) is 0 Å². The molecule has 0 bridgehead atoms. The third kappa shape index (κ3) is 1.60. The van der Waals surface area contributed by atoms with E-state index in [0.717, 1.165) is 5.39 Å². The van der Waals surface area contributed by atoms with Crippen LogP contribution >= 0.6 is 0 Å². The molecule has 90 valence electrons. The highest BCUT2D eigenvalue weighted by Gasteiger charge is 2.16. The van der Waals surface area contributed by atoms with Gasteiger partial charge in [-0.05, 0) is 18.2 Å². The highest BCUT2D eigenvalue weighted by Crippen LogP contribution is 2.32. The second-order valence-corrected chi connectivity index (χ2v) is 3.71. The molecule has 17 heavy (non-hydrogen) atoms. The number of nitrogens with zero attached hydrogens (tertiary/aromatic N) is 1. The molecule has 0 fully saturated rings. The van der Waals surface area contributed by atoms with Gasteiger partial charge in [-0.2, -0.15) is 0 Å². The SMILES string of the molecule is COc1c(OC)c2ccc(N)cc2n(C)c1=O. The molecule has 1 aromatic heterocycles. The van der Waals surface area contributed by atoms with Gasteiger partial charge in [-0.25, -0.2) is 0 Å². The quantitative estimate of drug-likeness (QED) is 0.791. The van der Waals surface area contributed by atoms with Crippen LogP contribution in [0.4, 0.5) is 5.69 Å². The van der Waals surface area contributed by atoms with E-state index in [1.807, 2.05) is 6.07 Å². The van der Waals surface area contributed by atoms with Crippen LogP contribution in [0, 0.1) is 0 Å². The summed E-state index contributed by atoms with van der Waals surface area (Å²) < 4.78 is 11.8. The molecule has 2 rings (SSSR count). The van der Waals surface area contributed by atoms with E-state index in [1.54, 1.807) is 19.2 Å². The van der Waals surface area contributed by atoms with Crippen LogP contribution in [0.5, 0.6) is 11.5 Å². The number of hydrogen-bond acceptors (Lipinski definition) is 4. The van der Waals surface area contributed by atoms with Crippen molar-refractivity contribution in [3.8, 4) is 11.5 Å². The number of benzene rings is 1. The number of pyridine rings is 1. The number of aromatic nitrogens is 1. The first-order chi connectivity index (χ1) is 8.10. The second kappa shape index (κ2) is 4.01. The Kier molecular flexibility index (Phi) is 2.67. The molecule has 0 spiro atoms. The number of aryl methyl sites for hydroxylation is 1. The van der Waals surface area contributed by atoms with Crippen molar-refractivity contribution >= 4 is 16.6 Å². The number of nitrogens with two attached hydrogens (primary N) is 1. The van der Waals surface area contributed by atoms with E-state index in [1.165, 1.54) is 18.8 Å². The van der Waals surface area contributed by atoms with Crippen molar-refractivity contribution in [2.75, 3.05) is 20.0 Å². The van der Waals surface area contributed by atoms with E-state index in [4.69, 9.17) is 15.2 Å². The van der Waals surface area contributed by atoms with Crippen molar-refractivity contribution in [3.05, 3.63) is 28.6 Å². The molecule has 1 heterocycles. The van der Waals surface area contributed by atoms with Crippen molar-refractivity contribution < 1.29 is 9.47 Å². The molecule has 0 atom stereocenters. The Morgan fingerprint density at radius 1 is 1.18 bits per heavy atom. The lowest BCUT2D eigenvalue weighted by Gasteiger charge is -2.13. The van der Waals surface area contributed by atoms with E-state index in [2.05, 4.69) is 0 Å². The van der Waals surface area contributed by atoms with Gasteiger partial charge in [0, 0.05) is 18.1 Å². The normalized spacial score (nSPS) is 10.5. The van der Waals surface area contributed by atoms with Gasteiger partial charge in [0.15, 0.2) is 5.75 Å². The maximum absolute atomic E-state index is 12.0. The maximum Gasteiger partial charge on any atom is 0.297 e. The smallest absolute Gasteiger partial charge is 0.297 e. The van der Waals surface area contributed by atoms with E-state index >= 15 is 0 Å². The molecule has 1 aromatic carbocycles. The zero-order valence-corrected chi connectivity index (χ0v) is 9.98. The summed E-state index contributed by atoms with van der Waals surface area (Å²) in [5, 5.41) is 0.792. The predicted molar refractivity (Wildman–Crippen MR) is 66.7 cm³/mol. The fourth-order valence-electron chi connectivity index (χ4n) is 1.88. The fraction of sp³-hybridized carbons (Fsp3) is 0.250. The lowest BCUT2D eigenvalue weighted by Crippen LogP contribution is -2.19. The van der Waals surface area contributed by atoms with Gasteiger partial charge in [-0.3, -0.25) is 4.79 Å². The largest absolute Gasteiger partial charge is 0.492 e. The summed E-state index contributed by atoms with van der Waals surface area (Å²) in [5.74, 6) is 0.637. The Bertz CT molecular complexity index is 632. The summed E-state index contributed by atoms with van der Waals surface area (Å²) in [6.07, 6.45) is 0. The van der Waals surface area contributed by atoms with Gasteiger partial charge in [0.2, 0.25) is 5.75 Å². The molecule has 0 radical (unpaired) electrons. The van der Waals surface area contributed by atoms with Gasteiger partial charge in [0.1, 0.15) is 0 Å². The number of methoxy groups -OCH3 is 2. The molecule has 0 saturated heterocycles. The first kappa shape index (κ1) is 11.3. The first-order valence-corrected chi connectivity index (χ1v) is 5.10. The lowest BCUT2D eigenvalue weighted by molar-refractivity contribution is 0.352. The Morgan fingerprint density at radius 3 is 2.41 bits per heavy atom. The molecule has 5 nitrogen and oxygen atoms in total. The van der Waals surface area contributed by atoms with Gasteiger partial charge in [0.25, 0.3) is 5.56 Å². The van der Waals surface area contributed by atoms with Crippen LogP contribution < -0.4 is 20.8 Å². The van der Waals surface area contributed by atoms with Gasteiger partial charge in [-0.1, -0.05) is 0 Å². The van der Waals surface area contributed by atoms with Crippen LogP contribution in [-0.2, 0) is 7.05 Å². The Morgan fingerprint density at radius 2 is 1.82 bits per heavy atom. The van der Waals surface area contributed by atoms with Gasteiger partial charge in [-0.15, -0.1) is 0 Å². The molecule has 0 aliphatic rings. The van der Waals surface area contributed by atoms with E-state index in [-0.39, 0.29) is 11.3 Å². The predicted octanol–water partition coefficient (Wildman–Crippen LogP) is 1.14. The van der Waals surface area contributed by atoms with Gasteiger partial charge in [0.05, 0.1) is 19.7 Å². The maximum atomic E-state index is 12.0. The van der Waals surface area contributed by atoms with Crippen LogP contribution in [0.15, 0.2) is 23.0 Å². The Hall–Kier alpha value is -2.17. The molecule has 0 saturated carbocycles. The Balaban J connectivity index is 3.01. The number of hydrogen-bond donors (Lipinski definition) is 1. The number of nitrogen functional groups attached to an aromatic ring is 1. The number of anilines is 1. The number of fused-ring (bicyclic) bond motifs is 1. The first-order valence-electron chi connectivity index (χ1n) is 5.10. The minimum atomic E-state index is -0.248.